The number of aromatic nitrogens is 1. The predicted octanol–water partition coefficient (Wildman–Crippen LogP) is 6.28. The van der Waals surface area contributed by atoms with Crippen LogP contribution in [-0.2, 0) is 0 Å². The first kappa shape index (κ1) is 24.5. The summed E-state index contributed by atoms with van der Waals surface area (Å²) >= 11 is 6.75. The van der Waals surface area contributed by atoms with Gasteiger partial charge in [-0.05, 0) is 68.3 Å². The molecule has 4 aromatic rings. The number of aryl methyl sites for hydroxylation is 1. The average molecular weight is 544 g/mol. The molecular formula is C28H25N5O3S2. The standard InChI is InChI=1S/C28H25N5O3S2/c1-16-15-18(36-17-7-3-2-4-8-17)10-11-20(16)33-21-12-14-30-27-22(21)23(31-28(33)35)24(38-27)25(34)32-26(37)19-9-5-6-13-29-19/h2-4,7-8,10-12,14-15,19,29H,5-6,9,13H2,1H3,(H,31,35)(H,32,34,37)/t19-/m0/s1. The van der Waals surface area contributed by atoms with Gasteiger partial charge in [0, 0.05) is 6.20 Å². The summed E-state index contributed by atoms with van der Waals surface area (Å²) in [4.78, 5) is 34.4. The van der Waals surface area contributed by atoms with Crippen LogP contribution in [0, 0.1) is 6.92 Å². The molecule has 3 amide bonds. The molecule has 0 bridgehead atoms. The summed E-state index contributed by atoms with van der Waals surface area (Å²) in [7, 11) is 0. The minimum atomic E-state index is -0.353. The maximum Gasteiger partial charge on any atom is 0.331 e. The van der Waals surface area contributed by atoms with Crippen molar-refractivity contribution in [3.8, 4) is 11.5 Å². The number of nitrogens with one attached hydrogen (secondary N) is 3. The third-order valence-electron chi connectivity index (χ3n) is 6.70. The number of piperidine rings is 1. The molecule has 2 aromatic heterocycles. The number of carbonyl (C=O) groups excluding carboxylic acids is 2. The van der Waals surface area contributed by atoms with Gasteiger partial charge in [-0.2, -0.15) is 0 Å². The highest BCUT2D eigenvalue weighted by molar-refractivity contribution is 7.80. The van der Waals surface area contributed by atoms with Crippen molar-refractivity contribution in [2.24, 2.45) is 0 Å². The van der Waals surface area contributed by atoms with Gasteiger partial charge < -0.3 is 20.7 Å². The van der Waals surface area contributed by atoms with Gasteiger partial charge in [-0.15, -0.1) is 11.3 Å². The van der Waals surface area contributed by atoms with Crippen LogP contribution in [-0.4, -0.2) is 34.5 Å². The van der Waals surface area contributed by atoms with Gasteiger partial charge in [0.25, 0.3) is 5.91 Å². The van der Waals surface area contributed by atoms with Crippen LogP contribution in [0.3, 0.4) is 0 Å². The number of thiophene rings is 1. The lowest BCUT2D eigenvalue weighted by Gasteiger charge is -2.29. The molecule has 1 fully saturated rings. The zero-order valence-electron chi connectivity index (χ0n) is 20.6. The summed E-state index contributed by atoms with van der Waals surface area (Å²) in [6.07, 6.45) is 4.72. The van der Waals surface area contributed by atoms with E-state index in [0.29, 0.717) is 37.5 Å². The quantitative estimate of drug-likeness (QED) is 0.257. The molecule has 1 atom stereocenters. The lowest BCUT2D eigenvalue weighted by Crippen LogP contribution is -2.47. The first-order chi connectivity index (χ1) is 18.5. The zero-order valence-corrected chi connectivity index (χ0v) is 22.2. The predicted molar refractivity (Wildman–Crippen MR) is 154 cm³/mol. The van der Waals surface area contributed by atoms with Gasteiger partial charge in [-0.1, -0.05) is 36.8 Å². The van der Waals surface area contributed by atoms with Crippen molar-refractivity contribution in [1.29, 1.82) is 0 Å². The third-order valence-corrected chi connectivity index (χ3v) is 8.19. The number of benzene rings is 2. The number of amides is 3. The molecule has 0 unspecified atom stereocenters. The van der Waals surface area contributed by atoms with Crippen LogP contribution < -0.4 is 25.6 Å². The normalized spacial score (nSPS) is 16.7. The van der Waals surface area contributed by atoms with Gasteiger partial charge in [0.2, 0.25) is 0 Å². The molecule has 3 N–H and O–H groups in total. The van der Waals surface area contributed by atoms with E-state index in [0.717, 1.165) is 42.5 Å². The van der Waals surface area contributed by atoms with Crippen LogP contribution >= 0.6 is 23.6 Å². The number of anilines is 3. The number of urea groups is 1. The molecule has 2 aromatic carbocycles. The van der Waals surface area contributed by atoms with Crippen LogP contribution in [0.2, 0.25) is 0 Å². The van der Waals surface area contributed by atoms with E-state index in [4.69, 9.17) is 17.0 Å². The monoisotopic (exact) mass is 543 g/mol. The summed E-state index contributed by atoms with van der Waals surface area (Å²) < 4.78 is 5.96. The maximum absolute atomic E-state index is 13.5. The Bertz CT molecular complexity index is 1560. The zero-order chi connectivity index (χ0) is 26.2. The van der Waals surface area contributed by atoms with Crippen LogP contribution in [0.4, 0.5) is 21.9 Å². The van der Waals surface area contributed by atoms with Crippen molar-refractivity contribution in [3.05, 3.63) is 71.2 Å². The van der Waals surface area contributed by atoms with E-state index in [9.17, 15) is 9.59 Å². The molecule has 1 saturated heterocycles. The fourth-order valence-corrected chi connectivity index (χ4v) is 6.19. The Hall–Kier alpha value is -3.86. The number of hydrogen-bond acceptors (Lipinski definition) is 7. The van der Waals surface area contributed by atoms with E-state index >= 15 is 0 Å². The smallest absolute Gasteiger partial charge is 0.331 e. The van der Waals surface area contributed by atoms with Crippen molar-refractivity contribution in [3.63, 3.8) is 0 Å². The number of thiocarbonyl (C=S) groups is 1. The molecule has 2 aliphatic heterocycles. The summed E-state index contributed by atoms with van der Waals surface area (Å²) in [6, 6.07) is 16.5. The second-order valence-electron chi connectivity index (χ2n) is 9.27. The first-order valence-electron chi connectivity index (χ1n) is 12.4. The number of pyridine rings is 1. The maximum atomic E-state index is 13.5. The second-order valence-corrected chi connectivity index (χ2v) is 10.7. The minimum Gasteiger partial charge on any atom is -0.457 e. The van der Waals surface area contributed by atoms with Gasteiger partial charge in [0.1, 0.15) is 21.2 Å². The molecule has 0 saturated carbocycles. The molecule has 2 aliphatic rings. The molecule has 6 rings (SSSR count). The number of ether oxygens (including phenoxy) is 1. The highest BCUT2D eigenvalue weighted by Gasteiger charge is 2.34. The van der Waals surface area contributed by atoms with Crippen LogP contribution in [0.25, 0.3) is 10.2 Å². The largest absolute Gasteiger partial charge is 0.457 e. The lowest BCUT2D eigenvalue weighted by molar-refractivity contribution is 0.0981. The molecule has 8 nitrogen and oxygen atoms in total. The van der Waals surface area contributed by atoms with Gasteiger partial charge in [-0.3, -0.25) is 9.69 Å². The summed E-state index contributed by atoms with van der Waals surface area (Å²) in [5.74, 6) is 1.07. The number of hydrogen-bond donors (Lipinski definition) is 3. The Kier molecular flexibility index (Phi) is 6.52. The molecule has 192 valence electrons. The van der Waals surface area contributed by atoms with E-state index in [1.807, 2.05) is 55.5 Å². The molecule has 0 aliphatic carbocycles. The second kappa shape index (κ2) is 10.1. The number of carbonyl (C=O) groups is 2. The summed E-state index contributed by atoms with van der Waals surface area (Å²) in [5, 5.41) is 9.90. The number of para-hydroxylation sites is 1. The van der Waals surface area contributed by atoms with Gasteiger partial charge in [-0.25, -0.2) is 9.78 Å². The Morgan fingerprint density at radius 3 is 2.74 bits per heavy atom. The van der Waals surface area contributed by atoms with Gasteiger partial charge in [0.05, 0.1) is 33.5 Å². The topological polar surface area (TPSA) is 95.6 Å². The fraction of sp³-hybridized carbons (Fsp3) is 0.214. The van der Waals surface area contributed by atoms with Crippen molar-refractivity contribution in [2.75, 3.05) is 16.8 Å². The first-order valence-corrected chi connectivity index (χ1v) is 13.7. The summed E-state index contributed by atoms with van der Waals surface area (Å²) in [5.41, 5.74) is 2.71. The Balaban J connectivity index is 1.32. The third kappa shape index (κ3) is 4.51. The van der Waals surface area contributed by atoms with Crippen molar-refractivity contribution in [1.82, 2.24) is 15.6 Å². The highest BCUT2D eigenvalue weighted by Crippen LogP contribution is 2.46. The van der Waals surface area contributed by atoms with E-state index in [2.05, 4.69) is 20.9 Å². The van der Waals surface area contributed by atoms with E-state index in [1.54, 1.807) is 17.2 Å². The van der Waals surface area contributed by atoms with E-state index in [1.165, 1.54) is 11.3 Å². The lowest BCUT2D eigenvalue weighted by atomic mass is 10.0. The molecule has 0 radical (unpaired) electrons. The van der Waals surface area contributed by atoms with Crippen molar-refractivity contribution < 1.29 is 14.3 Å². The number of nitrogens with zero attached hydrogens (tertiary/aromatic N) is 2. The molecule has 0 spiro atoms. The Morgan fingerprint density at radius 1 is 1.13 bits per heavy atom. The van der Waals surface area contributed by atoms with Crippen LogP contribution in [0.5, 0.6) is 11.5 Å². The SMILES string of the molecule is Cc1cc(Oc2ccccc2)ccc1N1C(=O)Nc2c(C(=O)NC(=S)[C@@H]3CCCCN3)sc3nccc1c23. The summed E-state index contributed by atoms with van der Waals surface area (Å²) in [6.45, 7) is 2.81. The number of rotatable bonds is 5. The fourth-order valence-electron chi connectivity index (χ4n) is 4.88. The van der Waals surface area contributed by atoms with Crippen LogP contribution in [0.15, 0.2) is 60.8 Å². The van der Waals surface area contributed by atoms with Gasteiger partial charge in [0.15, 0.2) is 0 Å². The molecule has 4 heterocycles. The molecular weight excluding hydrogens is 518 g/mol. The molecule has 38 heavy (non-hydrogen) atoms. The van der Waals surface area contributed by atoms with Crippen molar-refractivity contribution >= 4 is 67.8 Å². The molecule has 10 heteroatoms. The highest BCUT2D eigenvalue weighted by atomic mass is 32.1. The Morgan fingerprint density at radius 2 is 1.97 bits per heavy atom. The van der Waals surface area contributed by atoms with Crippen molar-refractivity contribution in [2.45, 2.75) is 32.2 Å². The van der Waals surface area contributed by atoms with Crippen LogP contribution in [0.1, 0.15) is 34.5 Å². The minimum absolute atomic E-state index is 0.0241. The van der Waals surface area contributed by atoms with Gasteiger partial charge >= 0.3 is 6.03 Å². The van der Waals surface area contributed by atoms with E-state index in [-0.39, 0.29) is 18.0 Å². The average Bonchev–Trinajstić information content (AvgIpc) is 3.30. The Labute approximate surface area is 229 Å². The van der Waals surface area contributed by atoms with E-state index < -0.39 is 0 Å².